The summed E-state index contributed by atoms with van der Waals surface area (Å²) in [7, 11) is 3.27. The summed E-state index contributed by atoms with van der Waals surface area (Å²) in [4.78, 5) is 4.60. The van der Waals surface area contributed by atoms with Crippen LogP contribution in [0.4, 0.5) is 0 Å². The second-order valence-electron chi connectivity index (χ2n) is 4.39. The fourth-order valence-electron chi connectivity index (χ4n) is 1.93. The van der Waals surface area contributed by atoms with Crippen molar-refractivity contribution < 1.29 is 9.47 Å². The van der Waals surface area contributed by atoms with Crippen LogP contribution in [0.2, 0.25) is 0 Å². The molecule has 0 saturated carbocycles. The fraction of sp³-hybridized carbons (Fsp3) is 0.357. The number of rotatable bonds is 4. The predicted molar refractivity (Wildman–Crippen MR) is 72.2 cm³/mol. The van der Waals surface area contributed by atoms with E-state index in [2.05, 4.69) is 4.98 Å². The first-order valence-electron chi connectivity index (χ1n) is 5.91. The minimum Gasteiger partial charge on any atom is -0.497 e. The van der Waals surface area contributed by atoms with Crippen LogP contribution in [-0.4, -0.2) is 25.2 Å². The maximum Gasteiger partial charge on any atom is 0.148 e. The van der Waals surface area contributed by atoms with E-state index in [1.807, 2.05) is 31.2 Å². The number of hydrogen-bond donors (Lipinski definition) is 1. The Morgan fingerprint density at radius 3 is 2.61 bits per heavy atom. The van der Waals surface area contributed by atoms with Crippen LogP contribution in [0.5, 0.6) is 11.5 Å². The lowest BCUT2D eigenvalue weighted by Crippen LogP contribution is -2.18. The van der Waals surface area contributed by atoms with Gasteiger partial charge in [-0.2, -0.15) is 0 Å². The Bertz CT molecular complexity index is 553. The minimum absolute atomic E-state index is 0.0965. The Hall–Kier alpha value is -1.81. The number of methoxy groups -OCH3 is 2. The first kappa shape index (κ1) is 12.6. The Morgan fingerprint density at radius 1 is 1.22 bits per heavy atom. The zero-order valence-electron chi connectivity index (χ0n) is 10.9. The molecule has 1 heterocycles. The Labute approximate surface area is 107 Å². The standard InChI is InChI=1S/C14H18N2O2/c1-9(15)6-11-5-4-10-7-12(17-2)8-13(18-3)14(10)16-11/h4-5,7-9H,6,15H2,1-3H3. The van der Waals surface area contributed by atoms with Crippen LogP contribution in [0.15, 0.2) is 24.3 Å². The summed E-state index contributed by atoms with van der Waals surface area (Å²) in [6, 6.07) is 7.89. The van der Waals surface area contributed by atoms with E-state index in [1.165, 1.54) is 0 Å². The number of nitrogens with zero attached hydrogens (tertiary/aromatic N) is 1. The molecule has 0 aliphatic rings. The van der Waals surface area contributed by atoms with Crippen molar-refractivity contribution in [3.8, 4) is 11.5 Å². The van der Waals surface area contributed by atoms with Crippen LogP contribution in [-0.2, 0) is 6.42 Å². The topological polar surface area (TPSA) is 57.4 Å². The van der Waals surface area contributed by atoms with Crippen LogP contribution in [0.3, 0.4) is 0 Å². The van der Waals surface area contributed by atoms with Gasteiger partial charge in [-0.1, -0.05) is 6.07 Å². The van der Waals surface area contributed by atoms with Gasteiger partial charge in [-0.25, -0.2) is 4.98 Å². The van der Waals surface area contributed by atoms with Crippen molar-refractivity contribution in [1.82, 2.24) is 4.98 Å². The fourth-order valence-corrected chi connectivity index (χ4v) is 1.93. The lowest BCUT2D eigenvalue weighted by atomic mass is 10.1. The van der Waals surface area contributed by atoms with Crippen molar-refractivity contribution >= 4 is 10.9 Å². The van der Waals surface area contributed by atoms with E-state index in [-0.39, 0.29) is 6.04 Å². The van der Waals surface area contributed by atoms with Crippen molar-refractivity contribution in [3.05, 3.63) is 30.0 Å². The largest absolute Gasteiger partial charge is 0.497 e. The summed E-state index contributed by atoms with van der Waals surface area (Å²) in [6.07, 6.45) is 0.755. The predicted octanol–water partition coefficient (Wildman–Crippen LogP) is 2.14. The third kappa shape index (κ3) is 2.54. The van der Waals surface area contributed by atoms with Crippen molar-refractivity contribution in [2.75, 3.05) is 14.2 Å². The highest BCUT2D eigenvalue weighted by atomic mass is 16.5. The Kier molecular flexibility index (Phi) is 3.67. The van der Waals surface area contributed by atoms with E-state index in [9.17, 15) is 0 Å². The highest BCUT2D eigenvalue weighted by Crippen LogP contribution is 2.29. The zero-order chi connectivity index (χ0) is 13.1. The molecule has 0 amide bonds. The van der Waals surface area contributed by atoms with Gasteiger partial charge in [0.05, 0.1) is 14.2 Å². The lowest BCUT2D eigenvalue weighted by molar-refractivity contribution is 0.397. The molecule has 0 aliphatic carbocycles. The molecule has 1 unspecified atom stereocenters. The van der Waals surface area contributed by atoms with Gasteiger partial charge in [0.25, 0.3) is 0 Å². The van der Waals surface area contributed by atoms with Crippen LogP contribution < -0.4 is 15.2 Å². The summed E-state index contributed by atoms with van der Waals surface area (Å²) >= 11 is 0. The normalized spacial score (nSPS) is 12.4. The Balaban J connectivity index is 2.54. The molecule has 0 fully saturated rings. The molecule has 1 aromatic carbocycles. The van der Waals surface area contributed by atoms with E-state index >= 15 is 0 Å². The molecule has 0 aliphatic heterocycles. The lowest BCUT2D eigenvalue weighted by Gasteiger charge is -2.10. The van der Waals surface area contributed by atoms with E-state index in [1.54, 1.807) is 14.2 Å². The number of fused-ring (bicyclic) bond motifs is 1. The molecule has 2 aromatic rings. The first-order chi connectivity index (χ1) is 8.63. The van der Waals surface area contributed by atoms with Crippen LogP contribution in [0.1, 0.15) is 12.6 Å². The molecule has 2 rings (SSSR count). The summed E-state index contributed by atoms with van der Waals surface area (Å²) < 4.78 is 10.6. The van der Waals surface area contributed by atoms with Gasteiger partial charge in [-0.15, -0.1) is 0 Å². The number of nitrogens with two attached hydrogens (primary N) is 1. The second-order valence-corrected chi connectivity index (χ2v) is 4.39. The molecule has 4 heteroatoms. The van der Waals surface area contributed by atoms with Gasteiger partial charge < -0.3 is 15.2 Å². The molecule has 2 N–H and O–H groups in total. The summed E-state index contributed by atoms with van der Waals surface area (Å²) in [5.74, 6) is 1.48. The highest BCUT2D eigenvalue weighted by Gasteiger charge is 2.08. The number of pyridine rings is 1. The maximum atomic E-state index is 5.79. The third-order valence-corrected chi connectivity index (χ3v) is 2.78. The summed E-state index contributed by atoms with van der Waals surface area (Å²) in [5, 5.41) is 1.000. The van der Waals surface area contributed by atoms with Crippen molar-refractivity contribution in [3.63, 3.8) is 0 Å². The molecule has 0 spiro atoms. The molecule has 0 saturated heterocycles. The minimum atomic E-state index is 0.0965. The van der Waals surface area contributed by atoms with Gasteiger partial charge in [0.1, 0.15) is 17.0 Å². The molecule has 96 valence electrons. The van der Waals surface area contributed by atoms with E-state index in [4.69, 9.17) is 15.2 Å². The average Bonchev–Trinajstić information content (AvgIpc) is 2.36. The van der Waals surface area contributed by atoms with Gasteiger partial charge in [0.2, 0.25) is 0 Å². The second kappa shape index (κ2) is 5.23. The molecular formula is C14H18N2O2. The van der Waals surface area contributed by atoms with Gasteiger partial charge in [-0.3, -0.25) is 0 Å². The van der Waals surface area contributed by atoms with Crippen LogP contribution in [0, 0.1) is 0 Å². The molecule has 18 heavy (non-hydrogen) atoms. The van der Waals surface area contributed by atoms with Gasteiger partial charge in [0.15, 0.2) is 0 Å². The van der Waals surface area contributed by atoms with Crippen LogP contribution in [0.25, 0.3) is 10.9 Å². The van der Waals surface area contributed by atoms with Gasteiger partial charge >= 0.3 is 0 Å². The molecule has 1 aromatic heterocycles. The monoisotopic (exact) mass is 246 g/mol. The molecule has 0 bridgehead atoms. The van der Waals surface area contributed by atoms with E-state index < -0.39 is 0 Å². The summed E-state index contributed by atoms with van der Waals surface area (Å²) in [6.45, 7) is 1.97. The number of hydrogen-bond acceptors (Lipinski definition) is 4. The SMILES string of the molecule is COc1cc(OC)c2nc(CC(C)N)ccc2c1. The van der Waals surface area contributed by atoms with E-state index in [0.717, 1.165) is 34.5 Å². The number of benzene rings is 1. The Morgan fingerprint density at radius 2 is 2.00 bits per heavy atom. The van der Waals surface area contributed by atoms with Crippen molar-refractivity contribution in [2.45, 2.75) is 19.4 Å². The third-order valence-electron chi connectivity index (χ3n) is 2.78. The number of aromatic nitrogens is 1. The van der Waals surface area contributed by atoms with Crippen LogP contribution >= 0.6 is 0 Å². The molecular weight excluding hydrogens is 228 g/mol. The maximum absolute atomic E-state index is 5.79. The quantitative estimate of drug-likeness (QED) is 0.898. The smallest absolute Gasteiger partial charge is 0.148 e. The summed E-state index contributed by atoms with van der Waals surface area (Å²) in [5.41, 5.74) is 7.61. The first-order valence-corrected chi connectivity index (χ1v) is 5.91. The molecule has 1 atom stereocenters. The van der Waals surface area contributed by atoms with Gasteiger partial charge in [-0.05, 0) is 19.1 Å². The van der Waals surface area contributed by atoms with Crippen molar-refractivity contribution in [1.29, 1.82) is 0 Å². The van der Waals surface area contributed by atoms with Gasteiger partial charge in [0, 0.05) is 29.6 Å². The highest BCUT2D eigenvalue weighted by molar-refractivity contribution is 5.86. The average molecular weight is 246 g/mol. The molecule has 0 radical (unpaired) electrons. The number of ether oxygens (including phenoxy) is 2. The van der Waals surface area contributed by atoms with E-state index in [0.29, 0.717) is 0 Å². The molecule has 4 nitrogen and oxygen atoms in total. The zero-order valence-corrected chi connectivity index (χ0v) is 10.9. The van der Waals surface area contributed by atoms with Crippen molar-refractivity contribution in [2.24, 2.45) is 5.73 Å².